The molecule has 6 heteroatoms. The number of benzene rings is 2. The number of nitrogens with zero attached hydrogens (tertiary/aromatic N) is 1. The summed E-state index contributed by atoms with van der Waals surface area (Å²) in [7, 11) is 1.22. The molecule has 0 saturated heterocycles. The second-order valence-electron chi connectivity index (χ2n) is 6.82. The number of fused-ring (bicyclic) bond motifs is 1. The number of para-hydroxylation sites is 1. The second-order valence-corrected chi connectivity index (χ2v) is 6.82. The van der Waals surface area contributed by atoms with Gasteiger partial charge in [-0.3, -0.25) is 9.36 Å². The molecular weight excluding hydrogens is 385 g/mol. The smallest absolute Gasteiger partial charge is 0.340 e. The summed E-state index contributed by atoms with van der Waals surface area (Å²) in [5.41, 5.74) is 2.37. The molecule has 2 aromatic carbocycles. The molecule has 0 saturated carbocycles. The van der Waals surface area contributed by atoms with Crippen molar-refractivity contribution in [2.45, 2.75) is 6.92 Å². The van der Waals surface area contributed by atoms with Crippen molar-refractivity contribution < 1.29 is 23.8 Å². The Morgan fingerprint density at radius 1 is 1.10 bits per heavy atom. The van der Waals surface area contributed by atoms with Crippen LogP contribution in [-0.2, 0) is 9.53 Å². The summed E-state index contributed by atoms with van der Waals surface area (Å²) in [6.07, 6.45) is 4.60. The molecular formula is C24H18FNO4. The number of methoxy groups -OCH3 is 1. The maximum atomic E-state index is 14.5. The summed E-state index contributed by atoms with van der Waals surface area (Å²) in [5, 5.41) is 11.0. The number of ether oxygens (including phenoxy) is 1. The zero-order valence-corrected chi connectivity index (χ0v) is 16.3. The fraction of sp³-hybridized carbons (Fsp3) is 0.0833. The van der Waals surface area contributed by atoms with Crippen LogP contribution >= 0.6 is 0 Å². The molecule has 0 aliphatic heterocycles. The zero-order chi connectivity index (χ0) is 21.4. The fourth-order valence-electron chi connectivity index (χ4n) is 3.69. The van der Waals surface area contributed by atoms with Gasteiger partial charge >= 0.3 is 5.97 Å². The number of hydrogen-bond acceptors (Lipinski definition) is 4. The first-order chi connectivity index (χ1) is 14.4. The molecule has 1 aliphatic rings. The predicted molar refractivity (Wildman–Crippen MR) is 112 cm³/mol. The number of esters is 1. The average molecular weight is 403 g/mol. The summed E-state index contributed by atoms with van der Waals surface area (Å²) in [6, 6.07) is 13.2. The molecule has 3 aromatic rings. The van der Waals surface area contributed by atoms with E-state index in [0.717, 1.165) is 5.56 Å². The second kappa shape index (κ2) is 7.48. The van der Waals surface area contributed by atoms with Gasteiger partial charge in [0, 0.05) is 11.3 Å². The van der Waals surface area contributed by atoms with Crippen LogP contribution in [0.5, 0.6) is 5.88 Å². The first kappa shape index (κ1) is 19.4. The molecule has 0 spiro atoms. The Hall–Kier alpha value is -3.93. The van der Waals surface area contributed by atoms with E-state index in [1.807, 2.05) is 12.1 Å². The number of allylic oxidation sites excluding steroid dienone is 2. The van der Waals surface area contributed by atoms with Crippen molar-refractivity contribution in [3.05, 3.63) is 88.4 Å². The molecule has 0 atom stereocenters. The number of carbonyl (C=O) groups is 2. The molecule has 0 unspecified atom stereocenters. The van der Waals surface area contributed by atoms with E-state index in [4.69, 9.17) is 4.74 Å². The van der Waals surface area contributed by atoms with Gasteiger partial charge in [-0.05, 0) is 42.3 Å². The van der Waals surface area contributed by atoms with Crippen LogP contribution in [-0.4, -0.2) is 28.5 Å². The van der Waals surface area contributed by atoms with Crippen LogP contribution in [0, 0.1) is 12.7 Å². The van der Waals surface area contributed by atoms with Gasteiger partial charge in [0.1, 0.15) is 5.82 Å². The van der Waals surface area contributed by atoms with Crippen LogP contribution in [0.15, 0.2) is 54.6 Å². The number of hydrogen-bond donors (Lipinski definition) is 1. The van der Waals surface area contributed by atoms with Crippen molar-refractivity contribution >= 4 is 29.5 Å². The molecule has 4 rings (SSSR count). The van der Waals surface area contributed by atoms with E-state index < -0.39 is 11.8 Å². The van der Waals surface area contributed by atoms with Gasteiger partial charge in [-0.1, -0.05) is 42.5 Å². The van der Waals surface area contributed by atoms with Crippen molar-refractivity contribution in [2.24, 2.45) is 0 Å². The Kier molecular flexibility index (Phi) is 4.83. The molecule has 1 N–H and O–H groups in total. The van der Waals surface area contributed by atoms with E-state index in [1.54, 1.807) is 31.2 Å². The van der Waals surface area contributed by atoms with E-state index >= 15 is 0 Å². The van der Waals surface area contributed by atoms with E-state index in [-0.39, 0.29) is 28.5 Å². The standard InChI is InChI=1S/C24H18FNO4/c1-14-22(24(29)30-2)18(23(28)26(14)20-10-6-5-9-19(20)25)13-17-16-8-4-3-7-15(16)11-12-21(17)27/h3-13,28H,1-2H3. The normalized spacial score (nSPS) is 14.1. The van der Waals surface area contributed by atoms with Gasteiger partial charge in [0.2, 0.25) is 5.88 Å². The lowest BCUT2D eigenvalue weighted by Crippen LogP contribution is -2.07. The molecule has 0 amide bonds. The van der Waals surface area contributed by atoms with Crippen LogP contribution in [0.2, 0.25) is 0 Å². The van der Waals surface area contributed by atoms with Crippen LogP contribution in [0.3, 0.4) is 0 Å². The molecule has 5 nitrogen and oxygen atoms in total. The molecule has 1 heterocycles. The van der Waals surface area contributed by atoms with E-state index in [0.29, 0.717) is 16.8 Å². The van der Waals surface area contributed by atoms with Gasteiger partial charge in [-0.25, -0.2) is 9.18 Å². The SMILES string of the molecule is COC(=O)c1c(C=C2C(=O)C=Cc3ccccc32)c(O)n(-c2ccccc2F)c1C. The van der Waals surface area contributed by atoms with Crippen molar-refractivity contribution in [1.82, 2.24) is 4.57 Å². The van der Waals surface area contributed by atoms with Crippen LogP contribution < -0.4 is 0 Å². The Labute approximate surface area is 172 Å². The van der Waals surface area contributed by atoms with Gasteiger partial charge in [-0.15, -0.1) is 0 Å². The van der Waals surface area contributed by atoms with Gasteiger partial charge in [0.05, 0.1) is 23.9 Å². The number of ketones is 1. The maximum absolute atomic E-state index is 14.5. The fourth-order valence-corrected chi connectivity index (χ4v) is 3.69. The number of rotatable bonds is 3. The highest BCUT2D eigenvalue weighted by atomic mass is 19.1. The minimum Gasteiger partial charge on any atom is -0.494 e. The van der Waals surface area contributed by atoms with Crippen molar-refractivity contribution in [2.75, 3.05) is 7.11 Å². The lowest BCUT2D eigenvalue weighted by atomic mass is 9.90. The third-order valence-electron chi connectivity index (χ3n) is 5.12. The third kappa shape index (κ3) is 3.03. The average Bonchev–Trinajstić information content (AvgIpc) is 2.99. The highest BCUT2D eigenvalue weighted by Gasteiger charge is 2.28. The van der Waals surface area contributed by atoms with Gasteiger partial charge < -0.3 is 9.84 Å². The molecule has 0 bridgehead atoms. The summed E-state index contributed by atoms with van der Waals surface area (Å²) in [6.45, 7) is 1.58. The monoisotopic (exact) mass is 403 g/mol. The quantitative estimate of drug-likeness (QED) is 0.514. The first-order valence-corrected chi connectivity index (χ1v) is 9.25. The zero-order valence-electron chi connectivity index (χ0n) is 16.3. The first-order valence-electron chi connectivity index (χ1n) is 9.25. The van der Waals surface area contributed by atoms with Crippen molar-refractivity contribution in [3.63, 3.8) is 0 Å². The van der Waals surface area contributed by atoms with Gasteiger partial charge in [0.25, 0.3) is 0 Å². The molecule has 0 radical (unpaired) electrons. The summed E-state index contributed by atoms with van der Waals surface area (Å²) >= 11 is 0. The molecule has 1 aliphatic carbocycles. The Morgan fingerprint density at radius 2 is 1.80 bits per heavy atom. The summed E-state index contributed by atoms with van der Waals surface area (Å²) in [4.78, 5) is 25.2. The van der Waals surface area contributed by atoms with E-state index in [9.17, 15) is 19.1 Å². The maximum Gasteiger partial charge on any atom is 0.340 e. The number of carbonyl (C=O) groups excluding carboxylic acids is 2. The van der Waals surface area contributed by atoms with Gasteiger partial charge in [-0.2, -0.15) is 0 Å². The van der Waals surface area contributed by atoms with E-state index in [2.05, 4.69) is 0 Å². The Bertz CT molecular complexity index is 1250. The minimum atomic E-state index is -0.697. The highest BCUT2D eigenvalue weighted by Crippen LogP contribution is 2.37. The van der Waals surface area contributed by atoms with E-state index in [1.165, 1.54) is 42.0 Å². The predicted octanol–water partition coefficient (Wildman–Crippen LogP) is 4.55. The minimum absolute atomic E-state index is 0.0607. The van der Waals surface area contributed by atoms with Crippen molar-refractivity contribution in [3.8, 4) is 11.6 Å². The largest absolute Gasteiger partial charge is 0.494 e. The van der Waals surface area contributed by atoms with Crippen LogP contribution in [0.4, 0.5) is 4.39 Å². The summed E-state index contributed by atoms with van der Waals surface area (Å²) < 4.78 is 20.6. The number of aromatic nitrogens is 1. The molecule has 1 aromatic heterocycles. The molecule has 0 fully saturated rings. The highest BCUT2D eigenvalue weighted by molar-refractivity contribution is 6.33. The molecule has 150 valence electrons. The van der Waals surface area contributed by atoms with Crippen LogP contribution in [0.1, 0.15) is 32.7 Å². The number of halogens is 1. The topological polar surface area (TPSA) is 68.5 Å². The molecule has 30 heavy (non-hydrogen) atoms. The Morgan fingerprint density at radius 3 is 2.53 bits per heavy atom. The van der Waals surface area contributed by atoms with Gasteiger partial charge in [0.15, 0.2) is 5.78 Å². The van der Waals surface area contributed by atoms with Crippen LogP contribution in [0.25, 0.3) is 23.4 Å². The Balaban J connectivity index is 2.01. The lowest BCUT2D eigenvalue weighted by molar-refractivity contribution is -0.109. The number of aromatic hydroxyl groups is 1. The lowest BCUT2D eigenvalue weighted by Gasteiger charge is -2.13. The van der Waals surface area contributed by atoms with Crippen molar-refractivity contribution in [1.29, 1.82) is 0 Å². The summed E-state index contributed by atoms with van der Waals surface area (Å²) in [5.74, 6) is -1.88. The third-order valence-corrected chi connectivity index (χ3v) is 5.12.